The lowest BCUT2D eigenvalue weighted by Gasteiger charge is -2.12. The van der Waals surface area contributed by atoms with E-state index in [1.54, 1.807) is 6.07 Å². The van der Waals surface area contributed by atoms with Gasteiger partial charge in [0.2, 0.25) is 0 Å². The molecule has 18 heavy (non-hydrogen) atoms. The molecular weight excluding hydrogens is 241 g/mol. The topological polar surface area (TPSA) is 20.2 Å². The lowest BCUT2D eigenvalue weighted by Crippen LogP contribution is -2.05. The maximum Gasteiger partial charge on any atom is 0.131 e. The molecule has 0 aliphatic rings. The Hall–Kier alpha value is -1.81. The highest BCUT2D eigenvalue weighted by Gasteiger charge is 2.14. The Balaban J connectivity index is 2.19. The van der Waals surface area contributed by atoms with Crippen molar-refractivity contribution in [2.75, 3.05) is 0 Å². The fourth-order valence-electron chi connectivity index (χ4n) is 1.77. The normalized spacial score (nSPS) is 12.4. The lowest BCUT2D eigenvalue weighted by atomic mass is 10.0. The van der Waals surface area contributed by atoms with E-state index in [0.717, 1.165) is 6.07 Å². The van der Waals surface area contributed by atoms with Crippen LogP contribution in [0.3, 0.4) is 0 Å². The van der Waals surface area contributed by atoms with Crippen LogP contribution in [0, 0.1) is 17.5 Å². The summed E-state index contributed by atoms with van der Waals surface area (Å²) in [5, 5.41) is 9.85. The van der Waals surface area contributed by atoms with Gasteiger partial charge in [-0.05, 0) is 23.8 Å². The zero-order valence-corrected chi connectivity index (χ0v) is 9.41. The molecule has 0 heterocycles. The van der Waals surface area contributed by atoms with E-state index in [0.29, 0.717) is 11.6 Å². The van der Waals surface area contributed by atoms with Gasteiger partial charge in [0.1, 0.15) is 17.5 Å². The van der Waals surface area contributed by atoms with Crippen molar-refractivity contribution in [3.05, 3.63) is 71.0 Å². The summed E-state index contributed by atoms with van der Waals surface area (Å²) in [5.74, 6) is -1.92. The molecule has 1 unspecified atom stereocenters. The number of rotatable bonds is 3. The second-order valence-corrected chi connectivity index (χ2v) is 4.02. The van der Waals surface area contributed by atoms with Gasteiger partial charge in [0.25, 0.3) is 0 Å². The van der Waals surface area contributed by atoms with E-state index >= 15 is 0 Å². The van der Waals surface area contributed by atoms with Crippen LogP contribution < -0.4 is 0 Å². The van der Waals surface area contributed by atoms with Gasteiger partial charge in [-0.2, -0.15) is 0 Å². The summed E-state index contributed by atoms with van der Waals surface area (Å²) in [7, 11) is 0. The Morgan fingerprint density at radius 2 is 1.67 bits per heavy atom. The first kappa shape index (κ1) is 12.6. The minimum Gasteiger partial charge on any atom is -0.388 e. The molecule has 0 bridgehead atoms. The molecule has 0 fully saturated rings. The van der Waals surface area contributed by atoms with E-state index in [2.05, 4.69) is 0 Å². The summed E-state index contributed by atoms with van der Waals surface area (Å²) in [6, 6.07) is 8.68. The number of aliphatic hydroxyl groups excluding tert-OH is 1. The van der Waals surface area contributed by atoms with E-state index in [4.69, 9.17) is 0 Å². The Morgan fingerprint density at radius 3 is 2.33 bits per heavy atom. The van der Waals surface area contributed by atoms with Crippen LogP contribution in [-0.4, -0.2) is 5.11 Å². The van der Waals surface area contributed by atoms with Crippen LogP contribution in [-0.2, 0) is 6.42 Å². The molecule has 0 aliphatic carbocycles. The van der Waals surface area contributed by atoms with Gasteiger partial charge in [-0.15, -0.1) is 0 Å². The SMILES string of the molecule is OC(Cc1cccc(F)c1)c1ccc(F)cc1F. The van der Waals surface area contributed by atoms with Crippen molar-refractivity contribution < 1.29 is 18.3 Å². The zero-order valence-electron chi connectivity index (χ0n) is 9.41. The van der Waals surface area contributed by atoms with Gasteiger partial charge in [0, 0.05) is 18.1 Å². The molecule has 0 spiro atoms. The van der Waals surface area contributed by atoms with Crippen LogP contribution in [0.25, 0.3) is 0 Å². The van der Waals surface area contributed by atoms with Gasteiger partial charge in [-0.3, -0.25) is 0 Å². The van der Waals surface area contributed by atoms with E-state index in [1.165, 1.54) is 24.3 Å². The first-order valence-corrected chi connectivity index (χ1v) is 5.44. The third-order valence-corrected chi connectivity index (χ3v) is 2.64. The van der Waals surface area contributed by atoms with Crippen LogP contribution in [0.2, 0.25) is 0 Å². The summed E-state index contributed by atoms with van der Waals surface area (Å²) >= 11 is 0. The average molecular weight is 252 g/mol. The molecule has 1 N–H and O–H groups in total. The van der Waals surface area contributed by atoms with Gasteiger partial charge in [0.05, 0.1) is 6.10 Å². The van der Waals surface area contributed by atoms with Crippen LogP contribution in [0.1, 0.15) is 17.2 Å². The molecule has 94 valence electrons. The van der Waals surface area contributed by atoms with E-state index in [9.17, 15) is 18.3 Å². The molecule has 0 saturated carbocycles. The Kier molecular flexibility index (Phi) is 3.67. The molecular formula is C14H11F3O. The number of halogens is 3. The zero-order chi connectivity index (χ0) is 13.1. The van der Waals surface area contributed by atoms with Crippen molar-refractivity contribution in [2.45, 2.75) is 12.5 Å². The van der Waals surface area contributed by atoms with Crippen molar-refractivity contribution in [3.8, 4) is 0 Å². The molecule has 2 rings (SSSR count). The van der Waals surface area contributed by atoms with Crippen molar-refractivity contribution in [1.29, 1.82) is 0 Å². The summed E-state index contributed by atoms with van der Waals surface area (Å²) in [4.78, 5) is 0. The van der Waals surface area contributed by atoms with E-state index in [-0.39, 0.29) is 12.0 Å². The van der Waals surface area contributed by atoms with Gasteiger partial charge < -0.3 is 5.11 Å². The second-order valence-electron chi connectivity index (χ2n) is 4.02. The molecule has 0 aromatic heterocycles. The van der Waals surface area contributed by atoms with Crippen molar-refractivity contribution in [1.82, 2.24) is 0 Å². The summed E-state index contributed by atoms with van der Waals surface area (Å²) < 4.78 is 39.1. The van der Waals surface area contributed by atoms with Crippen molar-refractivity contribution >= 4 is 0 Å². The summed E-state index contributed by atoms with van der Waals surface area (Å²) in [6.45, 7) is 0. The highest BCUT2D eigenvalue weighted by atomic mass is 19.1. The van der Waals surface area contributed by atoms with Gasteiger partial charge in [0.15, 0.2) is 0 Å². The van der Waals surface area contributed by atoms with Crippen molar-refractivity contribution in [3.63, 3.8) is 0 Å². The molecule has 4 heteroatoms. The third kappa shape index (κ3) is 2.90. The number of aliphatic hydroxyl groups is 1. The molecule has 2 aromatic rings. The third-order valence-electron chi connectivity index (χ3n) is 2.64. The van der Waals surface area contributed by atoms with Crippen molar-refractivity contribution in [2.24, 2.45) is 0 Å². The summed E-state index contributed by atoms with van der Waals surface area (Å²) in [6.07, 6.45) is -1.06. The number of hydrogen-bond acceptors (Lipinski definition) is 1. The standard InChI is InChI=1S/C14H11F3O/c15-10-3-1-2-9(6-10)7-14(18)12-5-4-11(16)8-13(12)17/h1-6,8,14,18H,7H2. The average Bonchev–Trinajstić information content (AvgIpc) is 2.28. The second kappa shape index (κ2) is 5.23. The minimum atomic E-state index is -1.13. The molecule has 0 amide bonds. The Labute approximate surface area is 103 Å². The molecule has 0 aliphatic heterocycles. The number of benzene rings is 2. The van der Waals surface area contributed by atoms with Crippen LogP contribution in [0.15, 0.2) is 42.5 Å². The molecule has 0 saturated heterocycles. The fourth-order valence-corrected chi connectivity index (χ4v) is 1.77. The van der Waals surface area contributed by atoms with Gasteiger partial charge >= 0.3 is 0 Å². The largest absolute Gasteiger partial charge is 0.388 e. The van der Waals surface area contributed by atoms with Crippen LogP contribution >= 0.6 is 0 Å². The molecule has 1 atom stereocenters. The monoisotopic (exact) mass is 252 g/mol. The quantitative estimate of drug-likeness (QED) is 0.887. The first-order chi connectivity index (χ1) is 8.56. The Morgan fingerprint density at radius 1 is 0.944 bits per heavy atom. The van der Waals surface area contributed by atoms with Gasteiger partial charge in [-0.1, -0.05) is 18.2 Å². The lowest BCUT2D eigenvalue weighted by molar-refractivity contribution is 0.173. The van der Waals surface area contributed by atoms with E-state index in [1.807, 2.05) is 0 Å². The maximum atomic E-state index is 13.4. The highest BCUT2D eigenvalue weighted by molar-refractivity contribution is 5.24. The predicted octanol–water partition coefficient (Wildman–Crippen LogP) is 3.38. The van der Waals surface area contributed by atoms with E-state index < -0.39 is 23.6 Å². The molecule has 1 nitrogen and oxygen atoms in total. The first-order valence-electron chi connectivity index (χ1n) is 5.44. The minimum absolute atomic E-state index is 0.000612. The fraction of sp³-hybridized carbons (Fsp3) is 0.143. The molecule has 2 aromatic carbocycles. The van der Waals surface area contributed by atoms with Gasteiger partial charge in [-0.25, -0.2) is 13.2 Å². The maximum absolute atomic E-state index is 13.4. The summed E-state index contributed by atoms with van der Waals surface area (Å²) in [5.41, 5.74) is 0.548. The van der Waals surface area contributed by atoms with Crippen LogP contribution in [0.5, 0.6) is 0 Å². The number of hydrogen-bond donors (Lipinski definition) is 1. The molecule has 0 radical (unpaired) electrons. The Bertz CT molecular complexity index is 554. The van der Waals surface area contributed by atoms with Crippen LogP contribution in [0.4, 0.5) is 13.2 Å². The predicted molar refractivity (Wildman–Crippen MR) is 61.4 cm³/mol. The smallest absolute Gasteiger partial charge is 0.131 e. The highest BCUT2D eigenvalue weighted by Crippen LogP contribution is 2.22.